The van der Waals surface area contributed by atoms with Gasteiger partial charge >= 0.3 is 0 Å². The molecule has 1 aromatic heterocycles. The Balaban J connectivity index is 1.32. The van der Waals surface area contributed by atoms with E-state index < -0.39 is 62.1 Å². The van der Waals surface area contributed by atoms with Crippen molar-refractivity contribution in [2.45, 2.75) is 75.4 Å². The Labute approximate surface area is 293 Å². The third-order valence-electron chi connectivity index (χ3n) is 9.84. The average Bonchev–Trinajstić information content (AvgIpc) is 4.01. The largest absolute Gasteiger partial charge is 0.497 e. The number of carbonyl (C=O) groups excluding carboxylic acids is 3. The number of ether oxygens (including phenoxy) is 2. The van der Waals surface area contributed by atoms with Gasteiger partial charge in [0, 0.05) is 35.4 Å². The van der Waals surface area contributed by atoms with E-state index in [1.807, 2.05) is 75.4 Å². The quantitative estimate of drug-likeness (QED) is 0.240. The van der Waals surface area contributed by atoms with Crippen LogP contribution in [-0.4, -0.2) is 85.7 Å². The van der Waals surface area contributed by atoms with Crippen molar-refractivity contribution in [2.75, 3.05) is 20.7 Å². The van der Waals surface area contributed by atoms with Crippen LogP contribution in [0.1, 0.15) is 46.5 Å². The number of hydrogen-bond donors (Lipinski definition) is 3. The van der Waals surface area contributed by atoms with Gasteiger partial charge in [0.05, 0.1) is 36.2 Å². The second kappa shape index (κ2) is 13.3. The molecule has 50 heavy (non-hydrogen) atoms. The zero-order chi connectivity index (χ0) is 36.0. The molecule has 3 amide bonds. The summed E-state index contributed by atoms with van der Waals surface area (Å²) >= 11 is 0. The van der Waals surface area contributed by atoms with Gasteiger partial charge in [-0.2, -0.15) is 0 Å². The number of likely N-dealkylation sites (tertiary alicyclic amines) is 1. The summed E-state index contributed by atoms with van der Waals surface area (Å²) in [5.41, 5.74) is 0.258. The number of rotatable bonds is 12. The second-order valence-corrected chi connectivity index (χ2v) is 16.5. The number of amides is 3. The number of nitrogens with zero attached hydrogens (tertiary/aromatic N) is 2. The van der Waals surface area contributed by atoms with E-state index in [-0.39, 0.29) is 25.3 Å². The number of methoxy groups -OCH3 is 1. The summed E-state index contributed by atoms with van der Waals surface area (Å²) in [7, 11) is -0.562. The van der Waals surface area contributed by atoms with Gasteiger partial charge in [-0.15, -0.1) is 6.58 Å². The smallest absolute Gasteiger partial charge is 0.259 e. The first-order valence-corrected chi connectivity index (χ1v) is 18.4. The molecule has 1 aliphatic heterocycles. The van der Waals surface area contributed by atoms with Crippen LogP contribution in [0.4, 0.5) is 0 Å². The molecule has 3 aromatic rings. The van der Waals surface area contributed by atoms with Crippen molar-refractivity contribution >= 4 is 38.6 Å². The molecule has 3 fully saturated rings. The van der Waals surface area contributed by atoms with Crippen LogP contribution >= 0.6 is 0 Å². The first-order chi connectivity index (χ1) is 23.7. The molecule has 0 radical (unpaired) electrons. The van der Waals surface area contributed by atoms with E-state index in [9.17, 15) is 22.8 Å². The summed E-state index contributed by atoms with van der Waals surface area (Å²) in [4.78, 5) is 48.2. The number of sulfonamides is 1. The van der Waals surface area contributed by atoms with Gasteiger partial charge in [0.1, 0.15) is 29.2 Å². The minimum Gasteiger partial charge on any atom is -0.497 e. The zero-order valence-corrected chi connectivity index (χ0v) is 29.9. The number of likely N-dealkylation sites (N-methyl/N-ethyl adjacent to an activating group) is 1. The van der Waals surface area contributed by atoms with E-state index in [4.69, 9.17) is 14.5 Å². The minimum atomic E-state index is -3.85. The molecule has 2 saturated carbocycles. The van der Waals surface area contributed by atoms with Crippen molar-refractivity contribution in [1.82, 2.24) is 25.2 Å². The van der Waals surface area contributed by atoms with Gasteiger partial charge in [0.15, 0.2) is 0 Å². The topological polar surface area (TPSA) is 156 Å². The van der Waals surface area contributed by atoms with Crippen LogP contribution in [0.5, 0.6) is 11.5 Å². The first-order valence-electron chi connectivity index (χ1n) is 16.9. The van der Waals surface area contributed by atoms with E-state index in [2.05, 4.69) is 21.9 Å². The number of nitrogens with one attached hydrogen (secondary N) is 3. The van der Waals surface area contributed by atoms with Crippen molar-refractivity contribution in [3.63, 3.8) is 0 Å². The van der Waals surface area contributed by atoms with Crippen LogP contribution in [0.2, 0.25) is 0 Å². The summed E-state index contributed by atoms with van der Waals surface area (Å²) in [6.45, 7) is 9.70. The fourth-order valence-corrected chi connectivity index (χ4v) is 8.19. The summed E-state index contributed by atoms with van der Waals surface area (Å²) in [5, 5.41) is 6.09. The summed E-state index contributed by atoms with van der Waals surface area (Å²) in [6.07, 6.45) is 2.25. The number of benzene rings is 2. The lowest BCUT2D eigenvalue weighted by atomic mass is 9.86. The molecule has 3 N–H and O–H groups in total. The highest BCUT2D eigenvalue weighted by atomic mass is 32.2. The van der Waals surface area contributed by atoms with E-state index in [0.29, 0.717) is 35.6 Å². The fraction of sp³-hybridized carbons (Fsp3) is 0.459. The van der Waals surface area contributed by atoms with Crippen LogP contribution in [0.3, 0.4) is 0 Å². The third kappa shape index (κ3) is 6.93. The maximum atomic E-state index is 14.2. The Hall–Kier alpha value is -4.49. The summed E-state index contributed by atoms with van der Waals surface area (Å²) in [5.74, 6) is -0.934. The Morgan fingerprint density at radius 1 is 1.10 bits per heavy atom. The Morgan fingerprint density at radius 2 is 1.82 bits per heavy atom. The zero-order valence-electron chi connectivity index (χ0n) is 29.1. The summed E-state index contributed by atoms with van der Waals surface area (Å²) in [6, 6.07) is 15.4. The Kier molecular flexibility index (Phi) is 9.42. The molecule has 0 bridgehead atoms. The number of hydrogen-bond acceptors (Lipinski definition) is 9. The van der Waals surface area contributed by atoms with E-state index in [1.54, 1.807) is 14.2 Å². The van der Waals surface area contributed by atoms with Crippen LogP contribution < -0.4 is 24.8 Å². The molecule has 6 rings (SSSR count). The molecule has 5 atom stereocenters. The molecular weight excluding hydrogens is 659 g/mol. The number of carbonyl (C=O) groups is 3. The maximum Gasteiger partial charge on any atom is 0.259 e. The number of pyridine rings is 1. The van der Waals surface area contributed by atoms with Gasteiger partial charge in [-0.1, -0.05) is 57.2 Å². The van der Waals surface area contributed by atoms with Gasteiger partial charge in [-0.05, 0) is 43.9 Å². The van der Waals surface area contributed by atoms with E-state index >= 15 is 0 Å². The van der Waals surface area contributed by atoms with Crippen LogP contribution in [-0.2, 0) is 24.4 Å². The van der Waals surface area contributed by atoms with Crippen molar-refractivity contribution in [1.29, 1.82) is 0 Å². The van der Waals surface area contributed by atoms with Gasteiger partial charge in [-0.25, -0.2) is 13.4 Å². The highest BCUT2D eigenvalue weighted by Gasteiger charge is 2.62. The van der Waals surface area contributed by atoms with Gasteiger partial charge in [-0.3, -0.25) is 19.1 Å². The van der Waals surface area contributed by atoms with Crippen molar-refractivity contribution in [3.8, 4) is 22.8 Å². The minimum absolute atomic E-state index is 0.103. The molecule has 2 aromatic carbocycles. The highest BCUT2D eigenvalue weighted by Crippen LogP contribution is 2.46. The number of fused-ring (bicyclic) bond motifs is 1. The van der Waals surface area contributed by atoms with Gasteiger partial charge in [0.2, 0.25) is 21.8 Å². The third-order valence-corrected chi connectivity index (χ3v) is 11.7. The van der Waals surface area contributed by atoms with Crippen LogP contribution in [0.15, 0.2) is 67.3 Å². The molecular formula is C37H45N5O7S. The summed E-state index contributed by atoms with van der Waals surface area (Å²) < 4.78 is 39.6. The van der Waals surface area contributed by atoms with Crippen LogP contribution in [0, 0.1) is 11.3 Å². The van der Waals surface area contributed by atoms with Gasteiger partial charge < -0.3 is 25.0 Å². The molecule has 3 aliphatic rings. The molecule has 1 saturated heterocycles. The molecule has 12 nitrogen and oxygen atoms in total. The van der Waals surface area contributed by atoms with E-state index in [1.165, 1.54) is 11.0 Å². The standard InChI is InChI=1S/C37H45N5O7S/c1-7-23-20-37(23,35(45)41-50(46,47)26-14-15-26)40-33(43)30-18-25(21-42(30)34(44)32(38-5)36(2,3)4)49-31-19-28(22-11-9-8-10-12-22)39-29-17-24(48-6)13-16-27(29)31/h7-13,16-17,19,23,25-26,30,32,38H,1,14-15,18,20-21H2,2-6H3,(H,40,43)(H,41,45). The Bertz CT molecular complexity index is 1930. The predicted molar refractivity (Wildman–Crippen MR) is 190 cm³/mol. The SMILES string of the molecule is C=CC1CC1(NC(=O)C1CC(Oc2cc(-c3ccccc3)nc3cc(OC)ccc23)CN1C(=O)C(NC)C(C)(C)C)C(=O)NS(=O)(=O)C1CC1. The number of aromatic nitrogens is 1. The van der Waals surface area contributed by atoms with Crippen molar-refractivity contribution in [3.05, 3.63) is 67.3 Å². The highest BCUT2D eigenvalue weighted by molar-refractivity contribution is 7.91. The average molecular weight is 704 g/mol. The Morgan fingerprint density at radius 3 is 2.42 bits per heavy atom. The predicted octanol–water partition coefficient (Wildman–Crippen LogP) is 3.56. The maximum absolute atomic E-state index is 14.2. The lowest BCUT2D eigenvalue weighted by Gasteiger charge is -2.35. The molecule has 13 heteroatoms. The lowest BCUT2D eigenvalue weighted by molar-refractivity contribution is -0.142. The van der Waals surface area contributed by atoms with Crippen molar-refractivity contribution in [2.24, 2.45) is 11.3 Å². The lowest BCUT2D eigenvalue weighted by Crippen LogP contribution is -2.59. The normalized spacial score (nSPS) is 23.9. The molecule has 266 valence electrons. The molecule has 5 unspecified atom stereocenters. The molecule has 2 aliphatic carbocycles. The first kappa shape index (κ1) is 35.3. The molecule has 0 spiro atoms. The second-order valence-electron chi connectivity index (χ2n) is 14.5. The van der Waals surface area contributed by atoms with Crippen LogP contribution in [0.25, 0.3) is 22.2 Å². The van der Waals surface area contributed by atoms with Gasteiger partial charge in [0.25, 0.3) is 5.91 Å². The van der Waals surface area contributed by atoms with E-state index in [0.717, 1.165) is 10.9 Å². The monoisotopic (exact) mass is 703 g/mol. The van der Waals surface area contributed by atoms with Crippen molar-refractivity contribution < 1.29 is 32.3 Å². The molecule has 2 heterocycles. The fourth-order valence-electron chi connectivity index (χ4n) is 6.82.